The van der Waals surface area contributed by atoms with Gasteiger partial charge in [0.1, 0.15) is 5.82 Å². The second kappa shape index (κ2) is 6.14. The number of rotatable bonds is 4. The molecule has 0 aliphatic carbocycles. The molecule has 0 saturated heterocycles. The van der Waals surface area contributed by atoms with E-state index in [4.69, 9.17) is 0 Å². The van der Waals surface area contributed by atoms with Gasteiger partial charge in [0.15, 0.2) is 0 Å². The van der Waals surface area contributed by atoms with Gasteiger partial charge in [0.2, 0.25) is 5.91 Å². The van der Waals surface area contributed by atoms with Gasteiger partial charge in [-0.2, -0.15) is 0 Å². The van der Waals surface area contributed by atoms with Crippen LogP contribution in [0.1, 0.15) is 23.2 Å². The Bertz CT molecular complexity index is 561. The molecule has 2 aromatic rings. The lowest BCUT2D eigenvalue weighted by Crippen LogP contribution is -2.13. The molecular formula is C16H18N2O. The third kappa shape index (κ3) is 4.21. The van der Waals surface area contributed by atoms with Crippen molar-refractivity contribution in [2.45, 2.75) is 26.7 Å². The molecule has 1 heterocycles. The molecule has 19 heavy (non-hydrogen) atoms. The Morgan fingerprint density at radius 1 is 1.11 bits per heavy atom. The highest BCUT2D eigenvalue weighted by atomic mass is 16.1. The molecule has 3 nitrogen and oxygen atoms in total. The summed E-state index contributed by atoms with van der Waals surface area (Å²) in [4.78, 5) is 16.1. The first-order valence-electron chi connectivity index (χ1n) is 6.42. The monoisotopic (exact) mass is 254 g/mol. The first kappa shape index (κ1) is 13.3. The molecule has 0 spiro atoms. The number of carbonyl (C=O) groups is 1. The Morgan fingerprint density at radius 2 is 1.84 bits per heavy atom. The van der Waals surface area contributed by atoms with Gasteiger partial charge in [-0.05, 0) is 38.0 Å². The Kier molecular flexibility index (Phi) is 4.29. The molecule has 0 atom stereocenters. The van der Waals surface area contributed by atoms with Gasteiger partial charge in [0.25, 0.3) is 0 Å². The predicted molar refractivity (Wildman–Crippen MR) is 77.1 cm³/mol. The first-order chi connectivity index (χ1) is 9.13. The zero-order valence-electron chi connectivity index (χ0n) is 11.3. The highest BCUT2D eigenvalue weighted by Gasteiger charge is 2.04. The van der Waals surface area contributed by atoms with Gasteiger partial charge < -0.3 is 5.32 Å². The first-order valence-corrected chi connectivity index (χ1v) is 6.42. The number of anilines is 1. The lowest BCUT2D eigenvalue weighted by atomic mass is 10.1. The van der Waals surface area contributed by atoms with Gasteiger partial charge >= 0.3 is 0 Å². The molecule has 0 aliphatic rings. The molecule has 3 heteroatoms. The van der Waals surface area contributed by atoms with Crippen molar-refractivity contribution in [3.05, 3.63) is 59.3 Å². The molecule has 98 valence electrons. The maximum Gasteiger partial charge on any atom is 0.225 e. The SMILES string of the molecule is Cc1ccc(CCC(=O)Nc2cccc(C)n2)cc1. The second-order valence-electron chi connectivity index (χ2n) is 4.70. The van der Waals surface area contributed by atoms with Crippen LogP contribution in [0.4, 0.5) is 5.82 Å². The van der Waals surface area contributed by atoms with Crippen LogP contribution in [0, 0.1) is 13.8 Å². The number of amides is 1. The summed E-state index contributed by atoms with van der Waals surface area (Å²) in [6, 6.07) is 13.8. The number of carbonyl (C=O) groups excluding carboxylic acids is 1. The van der Waals surface area contributed by atoms with Crippen molar-refractivity contribution in [3.63, 3.8) is 0 Å². The molecule has 0 radical (unpaired) electrons. The van der Waals surface area contributed by atoms with E-state index in [0.29, 0.717) is 12.2 Å². The van der Waals surface area contributed by atoms with E-state index >= 15 is 0 Å². The van der Waals surface area contributed by atoms with Crippen LogP contribution in [0.5, 0.6) is 0 Å². The normalized spacial score (nSPS) is 10.2. The molecule has 1 aromatic carbocycles. The summed E-state index contributed by atoms with van der Waals surface area (Å²) in [5, 5.41) is 2.81. The van der Waals surface area contributed by atoms with Crippen LogP contribution in [-0.2, 0) is 11.2 Å². The van der Waals surface area contributed by atoms with Crippen LogP contribution in [-0.4, -0.2) is 10.9 Å². The Balaban J connectivity index is 1.86. The van der Waals surface area contributed by atoms with Crippen LogP contribution >= 0.6 is 0 Å². The number of nitrogens with one attached hydrogen (secondary N) is 1. The average molecular weight is 254 g/mol. The molecule has 1 N–H and O–H groups in total. The minimum absolute atomic E-state index is 0.00123. The summed E-state index contributed by atoms with van der Waals surface area (Å²) in [6.45, 7) is 3.96. The molecule has 1 aromatic heterocycles. The minimum atomic E-state index is -0.00123. The van der Waals surface area contributed by atoms with E-state index in [1.54, 1.807) is 6.07 Å². The lowest BCUT2D eigenvalue weighted by molar-refractivity contribution is -0.116. The maximum atomic E-state index is 11.8. The minimum Gasteiger partial charge on any atom is -0.311 e. The van der Waals surface area contributed by atoms with Gasteiger partial charge in [-0.1, -0.05) is 35.9 Å². The van der Waals surface area contributed by atoms with Crippen LogP contribution in [0.2, 0.25) is 0 Å². The van der Waals surface area contributed by atoms with Crippen LogP contribution in [0.3, 0.4) is 0 Å². The zero-order valence-corrected chi connectivity index (χ0v) is 11.3. The predicted octanol–water partition coefficient (Wildman–Crippen LogP) is 3.27. The van der Waals surface area contributed by atoms with E-state index in [0.717, 1.165) is 12.1 Å². The van der Waals surface area contributed by atoms with Crippen LogP contribution in [0.15, 0.2) is 42.5 Å². The van der Waals surface area contributed by atoms with Crippen LogP contribution < -0.4 is 5.32 Å². The number of aromatic nitrogens is 1. The summed E-state index contributed by atoms with van der Waals surface area (Å²) in [5.41, 5.74) is 3.31. The smallest absolute Gasteiger partial charge is 0.225 e. The summed E-state index contributed by atoms with van der Waals surface area (Å²) in [7, 11) is 0. The number of aryl methyl sites for hydroxylation is 3. The van der Waals surface area contributed by atoms with Gasteiger partial charge in [-0.25, -0.2) is 4.98 Å². The van der Waals surface area contributed by atoms with E-state index in [9.17, 15) is 4.79 Å². The third-order valence-electron chi connectivity index (χ3n) is 2.92. The van der Waals surface area contributed by atoms with Crippen molar-refractivity contribution in [2.24, 2.45) is 0 Å². The fraction of sp³-hybridized carbons (Fsp3) is 0.250. The average Bonchev–Trinajstić information content (AvgIpc) is 2.38. The van der Waals surface area contributed by atoms with Crippen LogP contribution in [0.25, 0.3) is 0 Å². The number of benzene rings is 1. The molecule has 2 rings (SSSR count). The van der Waals surface area contributed by atoms with Crippen molar-refractivity contribution in [2.75, 3.05) is 5.32 Å². The number of pyridine rings is 1. The topological polar surface area (TPSA) is 42.0 Å². The molecular weight excluding hydrogens is 236 g/mol. The van der Waals surface area contributed by atoms with E-state index < -0.39 is 0 Å². The highest BCUT2D eigenvalue weighted by molar-refractivity contribution is 5.89. The quantitative estimate of drug-likeness (QED) is 0.909. The fourth-order valence-corrected chi connectivity index (χ4v) is 1.83. The molecule has 0 bridgehead atoms. The van der Waals surface area contributed by atoms with Gasteiger partial charge in [0.05, 0.1) is 0 Å². The number of nitrogens with zero attached hydrogens (tertiary/aromatic N) is 1. The third-order valence-corrected chi connectivity index (χ3v) is 2.92. The van der Waals surface area contributed by atoms with Gasteiger partial charge in [-0.15, -0.1) is 0 Å². The summed E-state index contributed by atoms with van der Waals surface area (Å²) >= 11 is 0. The Morgan fingerprint density at radius 3 is 2.53 bits per heavy atom. The van der Waals surface area contributed by atoms with Crippen molar-refractivity contribution in [1.82, 2.24) is 4.98 Å². The maximum absolute atomic E-state index is 11.8. The molecule has 0 saturated carbocycles. The van der Waals surface area contributed by atoms with Gasteiger partial charge in [-0.3, -0.25) is 4.79 Å². The summed E-state index contributed by atoms with van der Waals surface area (Å²) < 4.78 is 0. The van der Waals surface area contributed by atoms with Crippen molar-refractivity contribution in [3.8, 4) is 0 Å². The van der Waals surface area contributed by atoms with E-state index in [1.807, 2.05) is 19.1 Å². The summed E-state index contributed by atoms with van der Waals surface area (Å²) in [6.07, 6.45) is 1.22. The van der Waals surface area contributed by atoms with E-state index in [-0.39, 0.29) is 5.91 Å². The zero-order chi connectivity index (χ0) is 13.7. The summed E-state index contributed by atoms with van der Waals surface area (Å²) in [5.74, 6) is 0.618. The van der Waals surface area contributed by atoms with Crippen molar-refractivity contribution < 1.29 is 4.79 Å². The Hall–Kier alpha value is -2.16. The molecule has 0 fully saturated rings. The van der Waals surface area contributed by atoms with E-state index in [1.165, 1.54) is 11.1 Å². The second-order valence-corrected chi connectivity index (χ2v) is 4.70. The van der Waals surface area contributed by atoms with Crippen molar-refractivity contribution in [1.29, 1.82) is 0 Å². The standard InChI is InChI=1S/C16H18N2O/c1-12-6-8-14(9-7-12)10-11-16(19)18-15-5-3-4-13(2)17-15/h3-9H,10-11H2,1-2H3,(H,17,18,19). The Labute approximate surface area is 113 Å². The highest BCUT2D eigenvalue weighted by Crippen LogP contribution is 2.08. The molecule has 0 unspecified atom stereocenters. The number of hydrogen-bond donors (Lipinski definition) is 1. The van der Waals surface area contributed by atoms with E-state index in [2.05, 4.69) is 41.5 Å². The largest absolute Gasteiger partial charge is 0.311 e. The number of hydrogen-bond acceptors (Lipinski definition) is 2. The molecule has 0 aliphatic heterocycles. The van der Waals surface area contributed by atoms with Gasteiger partial charge in [0, 0.05) is 12.1 Å². The van der Waals surface area contributed by atoms with Crippen molar-refractivity contribution >= 4 is 11.7 Å². The molecule has 1 amide bonds. The lowest BCUT2D eigenvalue weighted by Gasteiger charge is -2.05. The fourth-order valence-electron chi connectivity index (χ4n) is 1.83.